The van der Waals surface area contributed by atoms with Crippen LogP contribution in [0.2, 0.25) is 0 Å². The number of furan rings is 1. The van der Waals surface area contributed by atoms with E-state index in [4.69, 9.17) is 19.4 Å². The standard InChI is InChI=1S/C58H35N3O/c1-2-14-38(15-3-1)55-59-56(40-30-32-46-45-20-9-13-25-53(45)62-54(46)35-40)61-57(60-55)47-21-5-4-16-41(47)37-28-26-36(27-29-37)39-31-33-52-48(34-39)44-19-8-12-24-51(44)58(52)49-22-10-6-17-42(49)43-18-7-11-23-50(43)58/h1-35H. The summed E-state index contributed by atoms with van der Waals surface area (Å²) in [7, 11) is 0. The monoisotopic (exact) mass is 789 g/mol. The third-order valence-electron chi connectivity index (χ3n) is 13.0. The van der Waals surface area contributed by atoms with Crippen LogP contribution in [-0.2, 0) is 5.41 Å². The summed E-state index contributed by atoms with van der Waals surface area (Å²) in [6.07, 6.45) is 0. The van der Waals surface area contributed by atoms with E-state index in [9.17, 15) is 0 Å². The molecule has 2 heterocycles. The van der Waals surface area contributed by atoms with Crippen molar-refractivity contribution in [2.75, 3.05) is 0 Å². The lowest BCUT2D eigenvalue weighted by atomic mass is 9.70. The summed E-state index contributed by atoms with van der Waals surface area (Å²) >= 11 is 0. The smallest absolute Gasteiger partial charge is 0.164 e. The Morgan fingerprint density at radius 1 is 0.274 bits per heavy atom. The molecular weight excluding hydrogens is 755 g/mol. The highest BCUT2D eigenvalue weighted by atomic mass is 16.3. The maximum Gasteiger partial charge on any atom is 0.164 e. The van der Waals surface area contributed by atoms with E-state index in [1.54, 1.807) is 0 Å². The average Bonchev–Trinajstić information content (AvgIpc) is 3.98. The first-order chi connectivity index (χ1) is 30.7. The van der Waals surface area contributed by atoms with Crippen LogP contribution in [-0.4, -0.2) is 15.0 Å². The van der Waals surface area contributed by atoms with Gasteiger partial charge in [-0.2, -0.15) is 0 Å². The molecule has 9 aromatic carbocycles. The summed E-state index contributed by atoms with van der Waals surface area (Å²) in [6, 6.07) is 75.7. The molecule has 0 bridgehead atoms. The van der Waals surface area contributed by atoms with Crippen LogP contribution in [0.25, 0.3) is 101 Å². The first-order valence-corrected chi connectivity index (χ1v) is 21.1. The number of fused-ring (bicyclic) bond motifs is 13. The molecule has 0 radical (unpaired) electrons. The minimum atomic E-state index is -0.347. The average molecular weight is 790 g/mol. The van der Waals surface area contributed by atoms with Crippen molar-refractivity contribution in [3.63, 3.8) is 0 Å². The molecule has 2 aliphatic carbocycles. The molecule has 13 rings (SSSR count). The number of hydrogen-bond acceptors (Lipinski definition) is 4. The van der Waals surface area contributed by atoms with Crippen LogP contribution < -0.4 is 0 Å². The zero-order chi connectivity index (χ0) is 40.8. The Morgan fingerprint density at radius 2 is 0.758 bits per heavy atom. The second kappa shape index (κ2) is 13.4. The van der Waals surface area contributed by atoms with E-state index in [2.05, 4.69) is 158 Å². The van der Waals surface area contributed by atoms with Crippen LogP contribution in [0.1, 0.15) is 22.3 Å². The van der Waals surface area contributed by atoms with Crippen LogP contribution in [0.15, 0.2) is 217 Å². The van der Waals surface area contributed by atoms with Crippen LogP contribution in [0.5, 0.6) is 0 Å². The van der Waals surface area contributed by atoms with Gasteiger partial charge in [0.15, 0.2) is 17.5 Å². The Bertz CT molecular complexity index is 3540. The van der Waals surface area contributed by atoms with Crippen LogP contribution >= 0.6 is 0 Å². The molecule has 0 atom stereocenters. The van der Waals surface area contributed by atoms with Gasteiger partial charge in [-0.25, -0.2) is 15.0 Å². The van der Waals surface area contributed by atoms with Crippen LogP contribution in [0, 0.1) is 0 Å². The van der Waals surface area contributed by atoms with E-state index in [-0.39, 0.29) is 5.41 Å². The minimum absolute atomic E-state index is 0.347. The molecule has 0 saturated carbocycles. The van der Waals surface area contributed by atoms with Crippen molar-refractivity contribution < 1.29 is 4.42 Å². The molecule has 0 unspecified atom stereocenters. The van der Waals surface area contributed by atoms with Gasteiger partial charge in [-0.1, -0.05) is 188 Å². The van der Waals surface area contributed by atoms with Gasteiger partial charge in [0.05, 0.1) is 5.41 Å². The lowest BCUT2D eigenvalue weighted by molar-refractivity contribution is 0.669. The normalized spacial score (nSPS) is 13.0. The van der Waals surface area contributed by atoms with E-state index in [1.807, 2.05) is 54.6 Å². The molecule has 2 aliphatic rings. The second-order valence-electron chi connectivity index (χ2n) is 16.3. The first kappa shape index (κ1) is 34.6. The summed E-state index contributed by atoms with van der Waals surface area (Å²) in [5, 5.41) is 2.15. The highest BCUT2D eigenvalue weighted by Gasteiger charge is 2.51. The third-order valence-corrected chi connectivity index (χ3v) is 13.0. The lowest BCUT2D eigenvalue weighted by Gasteiger charge is -2.30. The van der Waals surface area contributed by atoms with Crippen molar-refractivity contribution in [2.24, 2.45) is 0 Å². The molecule has 0 N–H and O–H groups in total. The number of rotatable bonds is 5. The zero-order valence-electron chi connectivity index (χ0n) is 33.5. The van der Waals surface area contributed by atoms with Crippen molar-refractivity contribution in [1.29, 1.82) is 0 Å². The molecule has 2 aromatic heterocycles. The molecule has 0 saturated heterocycles. The van der Waals surface area contributed by atoms with Gasteiger partial charge >= 0.3 is 0 Å². The number of benzene rings is 9. The summed E-state index contributed by atoms with van der Waals surface area (Å²) in [6.45, 7) is 0. The number of aromatic nitrogens is 3. The van der Waals surface area contributed by atoms with Gasteiger partial charge in [0.25, 0.3) is 0 Å². The summed E-state index contributed by atoms with van der Waals surface area (Å²) in [4.78, 5) is 15.3. The lowest BCUT2D eigenvalue weighted by Crippen LogP contribution is -2.25. The summed E-state index contributed by atoms with van der Waals surface area (Å²) < 4.78 is 6.28. The Balaban J connectivity index is 0.900. The quantitative estimate of drug-likeness (QED) is 0.174. The fourth-order valence-corrected chi connectivity index (χ4v) is 10.3. The van der Waals surface area contributed by atoms with Crippen LogP contribution in [0.3, 0.4) is 0 Å². The highest BCUT2D eigenvalue weighted by molar-refractivity contribution is 6.06. The zero-order valence-corrected chi connectivity index (χ0v) is 33.5. The maximum absolute atomic E-state index is 6.28. The van der Waals surface area contributed by atoms with Gasteiger partial charge in [0, 0.05) is 27.5 Å². The minimum Gasteiger partial charge on any atom is -0.456 e. The van der Waals surface area contributed by atoms with Gasteiger partial charge in [-0.05, 0) is 91.0 Å². The van der Waals surface area contributed by atoms with Gasteiger partial charge in [-0.15, -0.1) is 0 Å². The van der Waals surface area contributed by atoms with Crippen molar-refractivity contribution in [3.8, 4) is 78.7 Å². The second-order valence-corrected chi connectivity index (χ2v) is 16.3. The van der Waals surface area contributed by atoms with Crippen molar-refractivity contribution in [3.05, 3.63) is 235 Å². The predicted molar refractivity (Wildman–Crippen MR) is 251 cm³/mol. The molecule has 0 aliphatic heterocycles. The molecule has 62 heavy (non-hydrogen) atoms. The van der Waals surface area contributed by atoms with E-state index in [0.717, 1.165) is 55.3 Å². The van der Waals surface area contributed by atoms with E-state index < -0.39 is 0 Å². The number of nitrogens with zero attached hydrogens (tertiary/aromatic N) is 3. The highest BCUT2D eigenvalue weighted by Crippen LogP contribution is 2.63. The van der Waals surface area contributed by atoms with Gasteiger partial charge in [-0.3, -0.25) is 0 Å². The topological polar surface area (TPSA) is 51.8 Å². The third kappa shape index (κ3) is 5.04. The molecule has 0 fully saturated rings. The molecule has 4 nitrogen and oxygen atoms in total. The Hall–Kier alpha value is -8.21. The Morgan fingerprint density at radius 3 is 1.47 bits per heavy atom. The first-order valence-electron chi connectivity index (χ1n) is 21.1. The number of hydrogen-bond donors (Lipinski definition) is 0. The number of para-hydroxylation sites is 1. The van der Waals surface area contributed by atoms with Crippen LogP contribution in [0.4, 0.5) is 0 Å². The summed E-state index contributed by atoms with van der Waals surface area (Å²) in [5.41, 5.74) is 19.1. The van der Waals surface area contributed by atoms with Gasteiger partial charge < -0.3 is 4.42 Å². The molecule has 4 heteroatoms. The Kier molecular flexibility index (Phi) is 7.49. The molecular formula is C58H35N3O. The van der Waals surface area contributed by atoms with Gasteiger partial charge in [0.1, 0.15) is 11.2 Å². The van der Waals surface area contributed by atoms with E-state index in [1.165, 1.54) is 50.1 Å². The predicted octanol–water partition coefficient (Wildman–Crippen LogP) is 14.4. The van der Waals surface area contributed by atoms with Crippen molar-refractivity contribution in [1.82, 2.24) is 15.0 Å². The largest absolute Gasteiger partial charge is 0.456 e. The molecule has 288 valence electrons. The van der Waals surface area contributed by atoms with E-state index in [0.29, 0.717) is 17.5 Å². The maximum atomic E-state index is 6.28. The fraction of sp³-hybridized carbons (Fsp3) is 0.0172. The van der Waals surface area contributed by atoms with E-state index >= 15 is 0 Å². The molecule has 11 aromatic rings. The summed E-state index contributed by atoms with van der Waals surface area (Å²) in [5.74, 6) is 1.82. The Labute approximate surface area is 358 Å². The van der Waals surface area contributed by atoms with Crippen molar-refractivity contribution in [2.45, 2.75) is 5.41 Å². The molecule has 1 spiro atoms. The SMILES string of the molecule is c1ccc(-c2nc(-c3ccc4c(c3)oc3ccccc34)nc(-c3ccccc3-c3ccc(-c4ccc5c(c4)-c4ccccc4C54c5ccccc5-c5ccccc54)cc3)n2)cc1. The van der Waals surface area contributed by atoms with Crippen molar-refractivity contribution >= 4 is 21.9 Å². The molecule has 0 amide bonds. The van der Waals surface area contributed by atoms with Gasteiger partial charge in [0.2, 0.25) is 0 Å². The fourth-order valence-electron chi connectivity index (χ4n) is 10.3.